The number of fused-ring (bicyclic) bond motifs is 2. The van der Waals surface area contributed by atoms with Crippen LogP contribution in [0.25, 0.3) is 0 Å². The van der Waals surface area contributed by atoms with E-state index in [1.165, 1.54) is 25.7 Å². The molecule has 2 saturated carbocycles. The second-order valence-electron chi connectivity index (χ2n) is 6.78. The summed E-state index contributed by atoms with van der Waals surface area (Å²) in [6, 6.07) is 9.85. The lowest BCUT2D eigenvalue weighted by Crippen LogP contribution is -2.40. The molecule has 2 aliphatic rings. The van der Waals surface area contributed by atoms with Crippen LogP contribution in [0, 0.1) is 17.8 Å². The Hall–Kier alpha value is -1.35. The summed E-state index contributed by atoms with van der Waals surface area (Å²) in [4.78, 5) is 12.2. The molecule has 3 heteroatoms. The number of rotatable bonds is 6. The first-order valence-corrected chi connectivity index (χ1v) is 8.18. The van der Waals surface area contributed by atoms with E-state index in [1.54, 1.807) is 0 Å². The zero-order valence-corrected chi connectivity index (χ0v) is 12.5. The molecular formula is C18H25NO2. The maximum absolute atomic E-state index is 12.2. The number of benzene rings is 1. The van der Waals surface area contributed by atoms with Crippen molar-refractivity contribution in [1.29, 1.82) is 0 Å². The minimum absolute atomic E-state index is 0.00262. The maximum Gasteiger partial charge on any atom is 0.220 e. The van der Waals surface area contributed by atoms with Gasteiger partial charge < -0.3 is 10.4 Å². The van der Waals surface area contributed by atoms with Crippen molar-refractivity contribution >= 4 is 5.91 Å². The van der Waals surface area contributed by atoms with E-state index in [2.05, 4.69) is 5.32 Å². The van der Waals surface area contributed by atoms with Crippen molar-refractivity contribution in [3.05, 3.63) is 35.9 Å². The first-order valence-electron chi connectivity index (χ1n) is 8.18. The van der Waals surface area contributed by atoms with Gasteiger partial charge >= 0.3 is 0 Å². The number of hydrogen-bond donors (Lipinski definition) is 2. The molecular weight excluding hydrogens is 262 g/mol. The van der Waals surface area contributed by atoms with Gasteiger partial charge in [-0.2, -0.15) is 0 Å². The molecule has 3 unspecified atom stereocenters. The number of aliphatic hydroxyl groups excluding tert-OH is 1. The molecule has 114 valence electrons. The summed E-state index contributed by atoms with van der Waals surface area (Å²) in [7, 11) is 0. The molecule has 2 aliphatic carbocycles. The first-order chi connectivity index (χ1) is 10.2. The van der Waals surface area contributed by atoms with Crippen LogP contribution in [0.4, 0.5) is 0 Å². The van der Waals surface area contributed by atoms with E-state index < -0.39 is 0 Å². The third-order valence-electron chi connectivity index (χ3n) is 5.24. The molecule has 0 aliphatic heterocycles. The molecule has 3 nitrogen and oxygen atoms in total. The van der Waals surface area contributed by atoms with E-state index in [1.807, 2.05) is 30.3 Å². The highest BCUT2D eigenvalue weighted by Gasteiger charge is 2.40. The largest absolute Gasteiger partial charge is 0.394 e. The Balaban J connectivity index is 1.48. The third kappa shape index (κ3) is 3.65. The lowest BCUT2D eigenvalue weighted by molar-refractivity contribution is -0.123. The summed E-state index contributed by atoms with van der Waals surface area (Å²) >= 11 is 0. The molecule has 0 aromatic heterocycles. The van der Waals surface area contributed by atoms with Gasteiger partial charge in [-0.25, -0.2) is 0 Å². The monoisotopic (exact) mass is 287 g/mol. The van der Waals surface area contributed by atoms with E-state index in [4.69, 9.17) is 0 Å². The molecule has 1 aromatic rings. The van der Waals surface area contributed by atoms with Crippen LogP contribution in [0.15, 0.2) is 30.3 Å². The fourth-order valence-electron chi connectivity index (χ4n) is 4.21. The summed E-state index contributed by atoms with van der Waals surface area (Å²) < 4.78 is 0. The summed E-state index contributed by atoms with van der Waals surface area (Å²) in [5, 5.41) is 12.5. The predicted octanol–water partition coefficient (Wildman–Crippen LogP) is 2.53. The maximum atomic E-state index is 12.2. The van der Waals surface area contributed by atoms with Crippen molar-refractivity contribution in [2.45, 2.75) is 44.6 Å². The van der Waals surface area contributed by atoms with Gasteiger partial charge in [0, 0.05) is 6.42 Å². The van der Waals surface area contributed by atoms with Crippen molar-refractivity contribution in [3.8, 4) is 0 Å². The van der Waals surface area contributed by atoms with Gasteiger partial charge in [0.05, 0.1) is 12.6 Å². The quantitative estimate of drug-likeness (QED) is 0.844. The zero-order valence-electron chi connectivity index (χ0n) is 12.5. The van der Waals surface area contributed by atoms with Crippen LogP contribution in [0.3, 0.4) is 0 Å². The number of carbonyl (C=O) groups excluding carboxylic acids is 1. The van der Waals surface area contributed by atoms with Gasteiger partial charge in [0.25, 0.3) is 0 Å². The van der Waals surface area contributed by atoms with E-state index in [-0.39, 0.29) is 18.6 Å². The van der Waals surface area contributed by atoms with Gasteiger partial charge in [-0.3, -0.25) is 4.79 Å². The summed E-state index contributed by atoms with van der Waals surface area (Å²) in [6.07, 6.45) is 6.60. The number of nitrogens with one attached hydrogen (secondary N) is 1. The molecule has 0 radical (unpaired) electrons. The molecule has 21 heavy (non-hydrogen) atoms. The number of aliphatic hydroxyl groups is 1. The normalized spacial score (nSPS) is 28.5. The second kappa shape index (κ2) is 6.61. The van der Waals surface area contributed by atoms with Gasteiger partial charge in [0.1, 0.15) is 0 Å². The molecule has 0 heterocycles. The molecule has 3 rings (SSSR count). The fraction of sp³-hybridized carbons (Fsp3) is 0.611. The molecule has 1 aromatic carbocycles. The van der Waals surface area contributed by atoms with Crippen LogP contribution in [-0.4, -0.2) is 23.7 Å². The topological polar surface area (TPSA) is 49.3 Å². The first kappa shape index (κ1) is 14.6. The zero-order chi connectivity index (χ0) is 14.7. The van der Waals surface area contributed by atoms with Crippen LogP contribution in [0.5, 0.6) is 0 Å². The number of hydrogen-bond acceptors (Lipinski definition) is 2. The average molecular weight is 287 g/mol. The van der Waals surface area contributed by atoms with Crippen LogP contribution in [0.1, 0.15) is 37.7 Å². The fourth-order valence-corrected chi connectivity index (χ4v) is 4.21. The third-order valence-corrected chi connectivity index (χ3v) is 5.24. The van der Waals surface area contributed by atoms with Gasteiger partial charge in [-0.1, -0.05) is 36.8 Å². The van der Waals surface area contributed by atoms with Gasteiger partial charge in [0.2, 0.25) is 5.91 Å². The number of carbonyl (C=O) groups is 1. The Labute approximate surface area is 126 Å². The Morgan fingerprint density at radius 1 is 1.24 bits per heavy atom. The summed E-state index contributed by atoms with van der Waals surface area (Å²) in [5.74, 6) is 2.36. The molecule has 0 saturated heterocycles. The van der Waals surface area contributed by atoms with Crippen LogP contribution in [-0.2, 0) is 11.2 Å². The van der Waals surface area contributed by atoms with Gasteiger partial charge in [-0.05, 0) is 49.0 Å². The van der Waals surface area contributed by atoms with E-state index in [0.29, 0.717) is 18.8 Å². The van der Waals surface area contributed by atoms with Crippen molar-refractivity contribution in [1.82, 2.24) is 5.32 Å². The van der Waals surface area contributed by atoms with Gasteiger partial charge in [0.15, 0.2) is 0 Å². The van der Waals surface area contributed by atoms with Crippen LogP contribution < -0.4 is 5.32 Å². The van der Waals surface area contributed by atoms with Crippen molar-refractivity contribution in [2.75, 3.05) is 6.61 Å². The van der Waals surface area contributed by atoms with E-state index in [9.17, 15) is 9.90 Å². The highest BCUT2D eigenvalue weighted by atomic mass is 16.3. The summed E-state index contributed by atoms with van der Waals surface area (Å²) in [6.45, 7) is -0.00262. The molecule has 2 N–H and O–H groups in total. The van der Waals surface area contributed by atoms with Gasteiger partial charge in [-0.15, -0.1) is 0 Å². The van der Waals surface area contributed by atoms with E-state index >= 15 is 0 Å². The number of amides is 1. The molecule has 0 spiro atoms. The van der Waals surface area contributed by atoms with Crippen molar-refractivity contribution in [2.24, 2.45) is 17.8 Å². The summed E-state index contributed by atoms with van der Waals surface area (Å²) in [5.41, 5.74) is 1.15. The van der Waals surface area contributed by atoms with Crippen LogP contribution in [0.2, 0.25) is 0 Å². The molecule has 2 fully saturated rings. The lowest BCUT2D eigenvalue weighted by atomic mass is 9.86. The SMILES string of the molecule is O=C(CC1CC2CCC1C2)N[C@H](CO)Cc1ccccc1. The lowest BCUT2D eigenvalue weighted by Gasteiger charge is -2.23. The standard InChI is InChI=1S/C18H25NO2/c20-12-17(10-13-4-2-1-3-5-13)19-18(21)11-16-9-14-6-7-15(16)8-14/h1-5,14-17,20H,6-12H2,(H,19,21)/t14?,15?,16?,17-/m0/s1. The molecule has 2 bridgehead atoms. The minimum Gasteiger partial charge on any atom is -0.394 e. The van der Waals surface area contributed by atoms with E-state index in [0.717, 1.165) is 17.4 Å². The Kier molecular flexibility index (Phi) is 4.59. The Morgan fingerprint density at radius 3 is 2.67 bits per heavy atom. The molecule has 4 atom stereocenters. The highest BCUT2D eigenvalue weighted by molar-refractivity contribution is 5.76. The Morgan fingerprint density at radius 2 is 2.05 bits per heavy atom. The minimum atomic E-state index is -0.168. The predicted molar refractivity (Wildman–Crippen MR) is 82.7 cm³/mol. The smallest absolute Gasteiger partial charge is 0.220 e. The Bertz CT molecular complexity index is 473. The highest BCUT2D eigenvalue weighted by Crippen LogP contribution is 2.49. The van der Waals surface area contributed by atoms with Crippen molar-refractivity contribution < 1.29 is 9.90 Å². The average Bonchev–Trinajstić information content (AvgIpc) is 3.10. The van der Waals surface area contributed by atoms with Crippen LogP contribution >= 0.6 is 0 Å². The van der Waals surface area contributed by atoms with Crippen molar-refractivity contribution in [3.63, 3.8) is 0 Å². The molecule has 1 amide bonds. The second-order valence-corrected chi connectivity index (χ2v) is 6.78.